The van der Waals surface area contributed by atoms with Crippen LogP contribution in [0.2, 0.25) is 0 Å². The molecule has 0 aliphatic rings. The fraction of sp³-hybridized carbons (Fsp3) is 0.500. The van der Waals surface area contributed by atoms with Gasteiger partial charge < -0.3 is 5.32 Å². The fourth-order valence-corrected chi connectivity index (χ4v) is 0.320. The first-order chi connectivity index (χ1) is 4.20. The molecule has 0 heterocycles. The van der Waals surface area contributed by atoms with Gasteiger partial charge in [-0.1, -0.05) is 0 Å². The summed E-state index contributed by atoms with van der Waals surface area (Å²) in [7, 11) is 3.14. The Labute approximate surface area is 54.5 Å². The van der Waals surface area contributed by atoms with E-state index in [0.717, 1.165) is 0 Å². The molecule has 52 valence electrons. The minimum atomic E-state index is -0.363. The lowest BCUT2D eigenvalue weighted by atomic mass is 10.4. The van der Waals surface area contributed by atoms with Gasteiger partial charge in [-0.2, -0.15) is 4.39 Å². The van der Waals surface area contributed by atoms with Gasteiger partial charge in [0, 0.05) is 25.9 Å². The van der Waals surface area contributed by atoms with Crippen LogP contribution < -0.4 is 5.32 Å². The third-order valence-electron chi connectivity index (χ3n) is 0.927. The molecule has 0 bridgehead atoms. The van der Waals surface area contributed by atoms with Crippen LogP contribution in [0, 0.1) is 0 Å². The van der Waals surface area contributed by atoms with Crippen molar-refractivity contribution in [3.8, 4) is 0 Å². The lowest BCUT2D eigenvalue weighted by Crippen LogP contribution is -2.02. The van der Waals surface area contributed by atoms with Crippen molar-refractivity contribution >= 4 is 5.71 Å². The van der Waals surface area contributed by atoms with E-state index in [1.54, 1.807) is 14.0 Å². The summed E-state index contributed by atoms with van der Waals surface area (Å²) in [6, 6.07) is 0. The van der Waals surface area contributed by atoms with E-state index in [4.69, 9.17) is 0 Å². The van der Waals surface area contributed by atoms with Crippen LogP contribution in [-0.2, 0) is 0 Å². The monoisotopic (exact) mass is 130 g/mol. The Kier molecular flexibility index (Phi) is 3.67. The first-order valence-corrected chi connectivity index (χ1v) is 2.69. The highest BCUT2D eigenvalue weighted by molar-refractivity contribution is 5.92. The highest BCUT2D eigenvalue weighted by Crippen LogP contribution is 1.89. The van der Waals surface area contributed by atoms with Gasteiger partial charge in [0.25, 0.3) is 0 Å². The van der Waals surface area contributed by atoms with Crippen molar-refractivity contribution in [2.75, 3.05) is 14.1 Å². The van der Waals surface area contributed by atoms with E-state index in [2.05, 4.69) is 10.3 Å². The van der Waals surface area contributed by atoms with Crippen LogP contribution in [0.25, 0.3) is 0 Å². The van der Waals surface area contributed by atoms with Crippen molar-refractivity contribution in [2.24, 2.45) is 4.99 Å². The van der Waals surface area contributed by atoms with E-state index in [1.165, 1.54) is 13.1 Å². The molecule has 0 rings (SSSR count). The van der Waals surface area contributed by atoms with Crippen molar-refractivity contribution in [3.05, 3.63) is 12.0 Å². The summed E-state index contributed by atoms with van der Waals surface area (Å²) in [5.41, 5.74) is 0.668. The normalized spacial score (nSPS) is 13.8. The van der Waals surface area contributed by atoms with Crippen molar-refractivity contribution < 1.29 is 4.39 Å². The minimum absolute atomic E-state index is 0.363. The summed E-state index contributed by atoms with van der Waals surface area (Å²) in [6.45, 7) is 1.73. The Hall–Kier alpha value is -0.860. The Bertz CT molecular complexity index is 138. The molecular formula is C6H11FN2. The number of aliphatic imine (C=N–C) groups is 1. The number of nitrogens with zero attached hydrogens (tertiary/aromatic N) is 1. The second kappa shape index (κ2) is 4.06. The van der Waals surface area contributed by atoms with E-state index >= 15 is 0 Å². The molecule has 0 radical (unpaired) electrons. The van der Waals surface area contributed by atoms with Gasteiger partial charge in [0.1, 0.15) is 0 Å². The largest absolute Gasteiger partial charge is 0.365 e. The van der Waals surface area contributed by atoms with Gasteiger partial charge in [0.2, 0.25) is 0 Å². The van der Waals surface area contributed by atoms with Crippen molar-refractivity contribution in [1.82, 2.24) is 5.32 Å². The summed E-state index contributed by atoms with van der Waals surface area (Å²) in [4.78, 5) is 3.74. The van der Waals surface area contributed by atoms with E-state index in [9.17, 15) is 4.39 Å². The number of nitrogens with one attached hydrogen (secondary N) is 1. The number of hydrogen-bond acceptors (Lipinski definition) is 2. The summed E-state index contributed by atoms with van der Waals surface area (Å²) in [5.74, 6) is -0.363. The molecule has 9 heavy (non-hydrogen) atoms. The van der Waals surface area contributed by atoms with Gasteiger partial charge >= 0.3 is 0 Å². The van der Waals surface area contributed by atoms with Crippen LogP contribution in [0.1, 0.15) is 6.92 Å². The average Bonchev–Trinajstić information content (AvgIpc) is 1.87. The van der Waals surface area contributed by atoms with E-state index in [0.29, 0.717) is 5.71 Å². The molecule has 0 spiro atoms. The minimum Gasteiger partial charge on any atom is -0.365 e. The summed E-state index contributed by atoms with van der Waals surface area (Å²) in [6.07, 6.45) is 1.33. The number of rotatable bonds is 2. The Morgan fingerprint density at radius 2 is 2.22 bits per heavy atom. The maximum Gasteiger partial charge on any atom is 0.188 e. The smallest absolute Gasteiger partial charge is 0.188 e. The van der Waals surface area contributed by atoms with Gasteiger partial charge in [-0.15, -0.1) is 0 Å². The molecule has 1 N–H and O–H groups in total. The van der Waals surface area contributed by atoms with Gasteiger partial charge in [0.15, 0.2) is 5.95 Å². The molecule has 0 aromatic carbocycles. The number of halogens is 1. The first-order valence-electron chi connectivity index (χ1n) is 2.69. The average molecular weight is 130 g/mol. The van der Waals surface area contributed by atoms with Crippen LogP contribution in [0.5, 0.6) is 0 Å². The van der Waals surface area contributed by atoms with Crippen LogP contribution in [0.15, 0.2) is 17.0 Å². The number of hydrogen-bond donors (Lipinski definition) is 1. The van der Waals surface area contributed by atoms with Crippen molar-refractivity contribution in [2.45, 2.75) is 6.92 Å². The third-order valence-corrected chi connectivity index (χ3v) is 0.927. The standard InChI is InChI=1S/C6H11FN2/c1-5(8-2)4-6(7)9-3/h4,9H,1-3H3/b6-4-,8-5+. The zero-order valence-corrected chi connectivity index (χ0v) is 5.90. The van der Waals surface area contributed by atoms with Crippen LogP contribution in [0.3, 0.4) is 0 Å². The summed E-state index contributed by atoms with van der Waals surface area (Å²) < 4.78 is 12.2. The molecule has 0 saturated carbocycles. The molecule has 0 aliphatic carbocycles. The van der Waals surface area contributed by atoms with Crippen molar-refractivity contribution in [3.63, 3.8) is 0 Å². The lowest BCUT2D eigenvalue weighted by Gasteiger charge is -1.92. The molecule has 2 nitrogen and oxygen atoms in total. The van der Waals surface area contributed by atoms with Crippen LogP contribution in [-0.4, -0.2) is 19.8 Å². The highest BCUT2D eigenvalue weighted by atomic mass is 19.1. The molecule has 0 saturated heterocycles. The molecule has 0 amide bonds. The molecule has 3 heteroatoms. The van der Waals surface area contributed by atoms with E-state index < -0.39 is 0 Å². The van der Waals surface area contributed by atoms with Gasteiger partial charge in [-0.3, -0.25) is 4.99 Å². The quantitative estimate of drug-likeness (QED) is 0.439. The topological polar surface area (TPSA) is 24.4 Å². The molecular weight excluding hydrogens is 119 g/mol. The molecule has 0 aliphatic heterocycles. The Morgan fingerprint density at radius 3 is 2.56 bits per heavy atom. The summed E-state index contributed by atoms with van der Waals surface area (Å²) in [5, 5.41) is 2.34. The lowest BCUT2D eigenvalue weighted by molar-refractivity contribution is 0.575. The number of allylic oxidation sites excluding steroid dienone is 1. The van der Waals surface area contributed by atoms with Gasteiger partial charge in [-0.25, -0.2) is 0 Å². The van der Waals surface area contributed by atoms with E-state index in [1.807, 2.05) is 0 Å². The Balaban J connectivity index is 3.95. The third kappa shape index (κ3) is 3.70. The van der Waals surface area contributed by atoms with Gasteiger partial charge in [-0.05, 0) is 6.92 Å². The van der Waals surface area contributed by atoms with Crippen LogP contribution in [0.4, 0.5) is 4.39 Å². The highest BCUT2D eigenvalue weighted by Gasteiger charge is 1.87. The second-order valence-corrected chi connectivity index (χ2v) is 1.61. The molecule has 0 unspecified atom stereocenters. The Morgan fingerprint density at radius 1 is 1.67 bits per heavy atom. The maximum atomic E-state index is 12.2. The first kappa shape index (κ1) is 8.14. The molecule has 0 fully saturated rings. The molecule has 0 aromatic heterocycles. The fourth-order valence-electron chi connectivity index (χ4n) is 0.320. The van der Waals surface area contributed by atoms with Crippen LogP contribution >= 0.6 is 0 Å². The molecule has 0 aromatic rings. The van der Waals surface area contributed by atoms with Crippen molar-refractivity contribution in [1.29, 1.82) is 0 Å². The predicted octanol–water partition coefficient (Wildman–Crippen LogP) is 1.11. The van der Waals surface area contributed by atoms with E-state index in [-0.39, 0.29) is 5.95 Å². The van der Waals surface area contributed by atoms with Gasteiger partial charge in [0.05, 0.1) is 0 Å². The second-order valence-electron chi connectivity index (χ2n) is 1.61. The predicted molar refractivity (Wildman–Crippen MR) is 37.3 cm³/mol. The molecule has 0 atom stereocenters. The zero-order chi connectivity index (χ0) is 7.28. The SMILES string of the molecule is C/N=C(C)/C=C(/F)NC. The zero-order valence-electron chi connectivity index (χ0n) is 5.90. The summed E-state index contributed by atoms with van der Waals surface area (Å²) >= 11 is 0. The maximum absolute atomic E-state index is 12.2.